The zero-order valence-electron chi connectivity index (χ0n) is 18.9. The lowest BCUT2D eigenvalue weighted by Gasteiger charge is -2.33. The lowest BCUT2D eigenvalue weighted by molar-refractivity contribution is -0.139. The van der Waals surface area contributed by atoms with Crippen molar-refractivity contribution in [2.45, 2.75) is 57.2 Å². The summed E-state index contributed by atoms with van der Waals surface area (Å²) in [5.74, 6) is -1.70. The Balaban J connectivity index is 0.00000187. The number of anilines is 1. The molecule has 1 aliphatic rings. The molecule has 3 N–H and O–H groups in total. The summed E-state index contributed by atoms with van der Waals surface area (Å²) in [5, 5.41) is 31.3. The van der Waals surface area contributed by atoms with Gasteiger partial charge in [0.15, 0.2) is 12.5 Å². The second-order valence-electron chi connectivity index (χ2n) is 8.17. The van der Waals surface area contributed by atoms with Gasteiger partial charge in [-0.1, -0.05) is 13.8 Å². The molecule has 9 nitrogen and oxygen atoms in total. The number of carbonyl (C=O) groups is 1. The number of nitrogens with zero attached hydrogens (tertiary/aromatic N) is 3. The fourth-order valence-corrected chi connectivity index (χ4v) is 4.07. The zero-order chi connectivity index (χ0) is 24.9. The quantitative estimate of drug-likeness (QED) is 0.482. The highest BCUT2D eigenvalue weighted by atomic mass is 32.1. The molecular formula is C22H28FN3O6S. The lowest BCUT2D eigenvalue weighted by Crippen LogP contribution is -2.30. The minimum Gasteiger partial charge on any atom is -0.481 e. The summed E-state index contributed by atoms with van der Waals surface area (Å²) in [5.41, 5.74) is 3.54. The summed E-state index contributed by atoms with van der Waals surface area (Å²) < 4.78 is 22.0. The minimum atomic E-state index is -1.20. The summed E-state index contributed by atoms with van der Waals surface area (Å²) in [6.45, 7) is 4.00. The number of aliphatic carboxylic acids is 1. The molecule has 11 heteroatoms. The van der Waals surface area contributed by atoms with Crippen LogP contribution in [0, 0.1) is 5.82 Å². The van der Waals surface area contributed by atoms with E-state index in [9.17, 15) is 19.4 Å². The van der Waals surface area contributed by atoms with Gasteiger partial charge in [-0.15, -0.1) is 0 Å². The molecule has 3 atom stereocenters. The molecule has 1 aliphatic carbocycles. The standard InChI is InChI=1S/C22H28FN3O5.OS/c1-11(2)20-17-10-16(18(28)8-13(27)9-19(29)30)15-7-12(23)5-6-14(15)21(17)25-22(24-20)26(3)31-4;1-2/h5-7,11,13,16,18,27-28H,8-10H2,1-4H3,(H,29,30);/t13-,16+,18+;/m1./s1. The Kier molecular flexibility index (Phi) is 9.29. The molecule has 3 rings (SSSR count). The number of benzene rings is 1. The Morgan fingerprint density at radius 3 is 2.55 bits per heavy atom. The Bertz CT molecular complexity index is 993. The number of fused-ring (bicyclic) bond motifs is 3. The Morgan fingerprint density at radius 2 is 1.97 bits per heavy atom. The third-order valence-corrected chi connectivity index (χ3v) is 5.61. The molecule has 0 radical (unpaired) electrons. The van der Waals surface area contributed by atoms with E-state index >= 15 is 0 Å². The van der Waals surface area contributed by atoms with E-state index < -0.39 is 36.3 Å². The second kappa shape index (κ2) is 11.5. The number of hydroxylamine groups is 1. The van der Waals surface area contributed by atoms with E-state index in [1.165, 1.54) is 24.3 Å². The molecule has 0 spiro atoms. The van der Waals surface area contributed by atoms with Crippen LogP contribution in [-0.4, -0.2) is 61.8 Å². The molecule has 0 aliphatic heterocycles. The molecule has 0 fully saturated rings. The average molecular weight is 482 g/mol. The van der Waals surface area contributed by atoms with Crippen molar-refractivity contribution in [3.8, 4) is 11.3 Å². The maximum Gasteiger partial charge on any atom is 0.305 e. The van der Waals surface area contributed by atoms with Gasteiger partial charge >= 0.3 is 5.97 Å². The molecule has 0 bridgehead atoms. The summed E-state index contributed by atoms with van der Waals surface area (Å²) in [6.07, 6.45) is -2.53. The van der Waals surface area contributed by atoms with Gasteiger partial charge in [-0.25, -0.2) is 19.4 Å². The minimum absolute atomic E-state index is 0.0538. The highest BCUT2D eigenvalue weighted by molar-refractivity contribution is 7.44. The SMILES string of the molecule is CON(C)c1nc2c(c(C(C)C)n1)C[C@H]([C@@H](O)C[C@@H](O)CC(=O)O)c1cc(F)ccc1-2.O=S. The largest absolute Gasteiger partial charge is 0.481 e. The summed E-state index contributed by atoms with van der Waals surface area (Å²) >= 11 is 2.83. The number of aromatic nitrogens is 2. The third-order valence-electron chi connectivity index (χ3n) is 5.61. The second-order valence-corrected chi connectivity index (χ2v) is 8.17. The van der Waals surface area contributed by atoms with Crippen LogP contribution in [0.4, 0.5) is 10.3 Å². The monoisotopic (exact) mass is 481 g/mol. The van der Waals surface area contributed by atoms with Gasteiger partial charge in [0.2, 0.25) is 5.95 Å². The molecule has 1 heterocycles. The van der Waals surface area contributed by atoms with Crippen molar-refractivity contribution in [1.82, 2.24) is 9.97 Å². The van der Waals surface area contributed by atoms with E-state index in [-0.39, 0.29) is 12.3 Å². The van der Waals surface area contributed by atoms with Crippen LogP contribution in [0.1, 0.15) is 55.3 Å². The van der Waals surface area contributed by atoms with Crippen LogP contribution in [0.15, 0.2) is 18.2 Å². The number of hydrogen-bond donors (Lipinski definition) is 3. The van der Waals surface area contributed by atoms with Gasteiger partial charge in [-0.05, 0) is 36.1 Å². The summed E-state index contributed by atoms with van der Waals surface area (Å²) in [7, 11) is 3.20. The van der Waals surface area contributed by atoms with E-state index in [1.807, 2.05) is 13.8 Å². The maximum atomic E-state index is 14.1. The number of carboxylic acids is 1. The molecule has 0 saturated carbocycles. The van der Waals surface area contributed by atoms with E-state index in [4.69, 9.17) is 14.2 Å². The van der Waals surface area contributed by atoms with Gasteiger partial charge in [0.05, 0.1) is 37.1 Å². The van der Waals surface area contributed by atoms with Gasteiger partial charge in [-0.3, -0.25) is 9.63 Å². The van der Waals surface area contributed by atoms with Gasteiger partial charge in [0.1, 0.15) is 5.82 Å². The Hall–Kier alpha value is -2.60. The Labute approximate surface area is 196 Å². The van der Waals surface area contributed by atoms with Gasteiger partial charge in [0, 0.05) is 30.5 Å². The molecular weight excluding hydrogens is 453 g/mol. The predicted octanol–water partition coefficient (Wildman–Crippen LogP) is 2.29. The number of carboxylic acid groups (broad SMARTS) is 1. The third kappa shape index (κ3) is 6.05. The highest BCUT2D eigenvalue weighted by Crippen LogP contribution is 2.44. The molecule has 33 heavy (non-hydrogen) atoms. The van der Waals surface area contributed by atoms with Crippen molar-refractivity contribution in [3.05, 3.63) is 40.8 Å². The van der Waals surface area contributed by atoms with Crippen LogP contribution in [0.3, 0.4) is 0 Å². The highest BCUT2D eigenvalue weighted by Gasteiger charge is 2.35. The number of halogens is 1. The smallest absolute Gasteiger partial charge is 0.305 e. The maximum absolute atomic E-state index is 14.1. The van der Waals surface area contributed by atoms with Crippen molar-refractivity contribution in [2.75, 3.05) is 19.2 Å². The first-order chi connectivity index (χ1) is 15.6. The predicted molar refractivity (Wildman–Crippen MR) is 120 cm³/mol. The summed E-state index contributed by atoms with van der Waals surface area (Å²) in [4.78, 5) is 25.4. The first-order valence-corrected chi connectivity index (χ1v) is 10.7. The number of hydrogen-bond acceptors (Lipinski definition) is 9. The first kappa shape index (κ1) is 26.7. The molecule has 1 aromatic heterocycles. The fourth-order valence-electron chi connectivity index (χ4n) is 4.07. The van der Waals surface area contributed by atoms with Crippen LogP contribution in [0.2, 0.25) is 0 Å². The number of rotatable bonds is 8. The van der Waals surface area contributed by atoms with E-state index in [0.29, 0.717) is 29.2 Å². The summed E-state index contributed by atoms with van der Waals surface area (Å²) in [6, 6.07) is 4.34. The van der Waals surface area contributed by atoms with Crippen LogP contribution in [0.25, 0.3) is 11.3 Å². The normalized spacial score (nSPS) is 16.2. The van der Waals surface area contributed by atoms with E-state index in [0.717, 1.165) is 11.3 Å². The molecule has 1 aromatic carbocycles. The van der Waals surface area contributed by atoms with Gasteiger partial charge in [0.25, 0.3) is 0 Å². The van der Waals surface area contributed by atoms with Crippen LogP contribution in [0.5, 0.6) is 0 Å². The number of aliphatic hydroxyl groups is 2. The topological polar surface area (TPSA) is 133 Å². The zero-order valence-corrected chi connectivity index (χ0v) is 19.7. The first-order valence-electron chi connectivity index (χ1n) is 10.3. The van der Waals surface area contributed by atoms with Crippen molar-refractivity contribution in [3.63, 3.8) is 0 Å². The Morgan fingerprint density at radius 1 is 1.30 bits per heavy atom. The van der Waals surface area contributed by atoms with Gasteiger partial charge in [-0.2, -0.15) is 4.21 Å². The van der Waals surface area contributed by atoms with Gasteiger partial charge < -0.3 is 15.3 Å². The van der Waals surface area contributed by atoms with E-state index in [1.54, 1.807) is 13.1 Å². The van der Waals surface area contributed by atoms with Crippen LogP contribution < -0.4 is 5.06 Å². The lowest BCUT2D eigenvalue weighted by atomic mass is 9.75. The molecule has 0 unspecified atom stereocenters. The molecule has 0 saturated heterocycles. The molecule has 2 aromatic rings. The van der Waals surface area contributed by atoms with E-state index in [2.05, 4.69) is 22.5 Å². The van der Waals surface area contributed by atoms with Crippen molar-refractivity contribution < 1.29 is 33.6 Å². The number of aliphatic hydroxyl groups excluding tert-OH is 2. The van der Waals surface area contributed by atoms with Crippen LogP contribution >= 0.6 is 0 Å². The average Bonchev–Trinajstić information content (AvgIpc) is 2.77. The van der Waals surface area contributed by atoms with Crippen molar-refractivity contribution >= 4 is 24.5 Å². The molecule has 180 valence electrons. The molecule has 0 amide bonds. The fraction of sp³-hybridized carbons (Fsp3) is 0.500. The van der Waals surface area contributed by atoms with Crippen molar-refractivity contribution in [1.29, 1.82) is 0 Å². The van der Waals surface area contributed by atoms with Crippen molar-refractivity contribution in [2.24, 2.45) is 0 Å². The van der Waals surface area contributed by atoms with Crippen LogP contribution in [-0.2, 0) is 28.6 Å².